The van der Waals surface area contributed by atoms with Gasteiger partial charge in [0.25, 0.3) is 0 Å². The normalized spacial score (nSPS) is 25.2. The van der Waals surface area contributed by atoms with Gasteiger partial charge in [0.1, 0.15) is 12.2 Å². The maximum absolute atomic E-state index is 11.8. The lowest BCUT2D eigenvalue weighted by Gasteiger charge is -2.43. The molecule has 5 atom stereocenters. The molecule has 0 bridgehead atoms. The van der Waals surface area contributed by atoms with Gasteiger partial charge in [-0.05, 0) is 11.1 Å². The second kappa shape index (κ2) is 11.7. The molecule has 0 radical (unpaired) electrons. The first-order chi connectivity index (χ1) is 15.4. The van der Waals surface area contributed by atoms with Crippen molar-refractivity contribution in [3.05, 3.63) is 71.8 Å². The molecule has 0 spiro atoms. The Morgan fingerprint density at radius 2 is 1.34 bits per heavy atom. The first kappa shape index (κ1) is 23.9. The number of benzene rings is 2. The van der Waals surface area contributed by atoms with Crippen molar-refractivity contribution in [2.45, 2.75) is 57.8 Å². The number of aliphatic hydroxyl groups is 1. The Hall–Kier alpha value is -2.78. The van der Waals surface area contributed by atoms with E-state index in [9.17, 15) is 14.7 Å². The molecule has 3 rings (SSSR count). The molecule has 1 N–H and O–H groups in total. The minimum Gasteiger partial charge on any atom is -0.457 e. The van der Waals surface area contributed by atoms with Gasteiger partial charge in [-0.3, -0.25) is 9.59 Å². The molecule has 1 aliphatic heterocycles. The van der Waals surface area contributed by atoms with E-state index >= 15 is 0 Å². The van der Waals surface area contributed by atoms with Crippen LogP contribution in [0.1, 0.15) is 25.0 Å². The van der Waals surface area contributed by atoms with Crippen LogP contribution in [0.3, 0.4) is 0 Å². The molecule has 1 unspecified atom stereocenters. The van der Waals surface area contributed by atoms with Crippen LogP contribution in [-0.2, 0) is 46.5 Å². The van der Waals surface area contributed by atoms with E-state index in [0.717, 1.165) is 11.1 Å². The summed E-state index contributed by atoms with van der Waals surface area (Å²) < 4.78 is 28.2. The quantitative estimate of drug-likeness (QED) is 0.589. The zero-order valence-corrected chi connectivity index (χ0v) is 18.1. The number of ether oxygens (including phenoxy) is 5. The average molecular weight is 444 g/mol. The van der Waals surface area contributed by atoms with Crippen molar-refractivity contribution in [2.24, 2.45) is 0 Å². The van der Waals surface area contributed by atoms with Crippen molar-refractivity contribution < 1.29 is 38.4 Å². The van der Waals surface area contributed by atoms with Crippen LogP contribution >= 0.6 is 0 Å². The summed E-state index contributed by atoms with van der Waals surface area (Å²) in [5.41, 5.74) is 1.83. The minimum atomic E-state index is -1.48. The van der Waals surface area contributed by atoms with Gasteiger partial charge in [-0.2, -0.15) is 0 Å². The third-order valence-electron chi connectivity index (χ3n) is 4.89. The number of hydrogen-bond donors (Lipinski definition) is 1. The van der Waals surface area contributed by atoms with Crippen molar-refractivity contribution >= 4 is 11.9 Å². The summed E-state index contributed by atoms with van der Waals surface area (Å²) in [6.45, 7) is 2.98. The van der Waals surface area contributed by atoms with Crippen molar-refractivity contribution in [3.8, 4) is 0 Å². The largest absolute Gasteiger partial charge is 0.457 e. The zero-order valence-electron chi connectivity index (χ0n) is 18.1. The van der Waals surface area contributed by atoms with Crippen LogP contribution in [0.25, 0.3) is 0 Å². The van der Waals surface area contributed by atoms with Gasteiger partial charge in [0.2, 0.25) is 0 Å². The Balaban J connectivity index is 1.76. The maximum atomic E-state index is 11.8. The molecule has 32 heavy (non-hydrogen) atoms. The zero-order chi connectivity index (χ0) is 22.9. The van der Waals surface area contributed by atoms with Gasteiger partial charge < -0.3 is 28.8 Å². The molecule has 172 valence electrons. The molecule has 1 heterocycles. The summed E-state index contributed by atoms with van der Waals surface area (Å²) >= 11 is 0. The lowest BCUT2D eigenvalue weighted by molar-refractivity contribution is -0.303. The molecule has 0 saturated carbocycles. The van der Waals surface area contributed by atoms with Crippen LogP contribution < -0.4 is 0 Å². The smallest absolute Gasteiger partial charge is 0.303 e. The monoisotopic (exact) mass is 444 g/mol. The highest BCUT2D eigenvalue weighted by Crippen LogP contribution is 2.29. The Morgan fingerprint density at radius 1 is 0.812 bits per heavy atom. The van der Waals surface area contributed by atoms with Gasteiger partial charge in [-0.25, -0.2) is 0 Å². The predicted molar refractivity (Wildman–Crippen MR) is 113 cm³/mol. The van der Waals surface area contributed by atoms with E-state index in [0.29, 0.717) is 6.61 Å². The van der Waals surface area contributed by atoms with Crippen molar-refractivity contribution in [1.82, 2.24) is 0 Å². The van der Waals surface area contributed by atoms with E-state index < -0.39 is 42.6 Å². The Labute approximate surface area is 187 Å². The Kier molecular flexibility index (Phi) is 8.75. The fourth-order valence-electron chi connectivity index (χ4n) is 3.50. The third-order valence-corrected chi connectivity index (χ3v) is 4.89. The second-order valence-corrected chi connectivity index (χ2v) is 7.48. The highest BCUT2D eigenvalue weighted by molar-refractivity contribution is 5.67. The molecule has 8 heteroatoms. The van der Waals surface area contributed by atoms with Crippen molar-refractivity contribution in [1.29, 1.82) is 0 Å². The number of esters is 2. The van der Waals surface area contributed by atoms with Crippen LogP contribution in [0.4, 0.5) is 0 Å². The number of carbonyl (C=O) groups is 2. The van der Waals surface area contributed by atoms with Crippen LogP contribution in [0.5, 0.6) is 0 Å². The van der Waals surface area contributed by atoms with Gasteiger partial charge in [0.05, 0.1) is 19.8 Å². The molecule has 0 aliphatic carbocycles. The predicted octanol–water partition coefficient (Wildman–Crippen LogP) is 2.37. The number of rotatable bonds is 9. The van der Waals surface area contributed by atoms with Gasteiger partial charge >= 0.3 is 11.9 Å². The maximum Gasteiger partial charge on any atom is 0.303 e. The Bertz CT molecular complexity index is 857. The van der Waals surface area contributed by atoms with Crippen LogP contribution in [-0.4, -0.2) is 54.4 Å². The van der Waals surface area contributed by atoms with E-state index in [-0.39, 0.29) is 13.2 Å². The van der Waals surface area contributed by atoms with Crippen molar-refractivity contribution in [2.75, 3.05) is 6.61 Å². The van der Waals surface area contributed by atoms with Gasteiger partial charge in [0.15, 0.2) is 18.5 Å². The highest BCUT2D eigenvalue weighted by Gasteiger charge is 2.50. The first-order valence-corrected chi connectivity index (χ1v) is 10.4. The lowest BCUT2D eigenvalue weighted by Crippen LogP contribution is -2.61. The van der Waals surface area contributed by atoms with Crippen LogP contribution in [0.15, 0.2) is 60.7 Å². The molecular weight excluding hydrogens is 416 g/mol. The molecule has 1 fully saturated rings. The van der Waals surface area contributed by atoms with Gasteiger partial charge in [0, 0.05) is 13.8 Å². The molecule has 1 aliphatic rings. The SMILES string of the molecule is CC(=O)OC1[C@@H](COCc2ccccc2)O[C@@H](O)[C@H](OC(C)=O)[C@H]1OCc1ccccc1. The van der Waals surface area contributed by atoms with E-state index in [1.165, 1.54) is 13.8 Å². The third kappa shape index (κ3) is 6.86. The molecule has 1 saturated heterocycles. The summed E-state index contributed by atoms with van der Waals surface area (Å²) in [4.78, 5) is 23.5. The molecule has 0 aromatic heterocycles. The summed E-state index contributed by atoms with van der Waals surface area (Å²) in [6.07, 6.45) is -5.40. The fraction of sp³-hybridized carbons (Fsp3) is 0.417. The van der Waals surface area contributed by atoms with Crippen molar-refractivity contribution in [3.63, 3.8) is 0 Å². The van der Waals surface area contributed by atoms with Crippen LogP contribution in [0, 0.1) is 0 Å². The van der Waals surface area contributed by atoms with E-state index in [4.69, 9.17) is 23.7 Å². The molecular formula is C24H28O8. The minimum absolute atomic E-state index is 0.0297. The number of hydrogen-bond acceptors (Lipinski definition) is 8. The first-order valence-electron chi connectivity index (χ1n) is 10.4. The van der Waals surface area contributed by atoms with E-state index in [1.807, 2.05) is 60.7 Å². The second-order valence-electron chi connectivity index (χ2n) is 7.48. The average Bonchev–Trinajstić information content (AvgIpc) is 2.77. The lowest BCUT2D eigenvalue weighted by atomic mass is 9.98. The van der Waals surface area contributed by atoms with Gasteiger partial charge in [-0.15, -0.1) is 0 Å². The van der Waals surface area contributed by atoms with Crippen LogP contribution in [0.2, 0.25) is 0 Å². The standard InChI is InChI=1S/C24H28O8/c1-16(25)30-21-20(15-28-13-18-9-5-3-6-10-18)32-24(27)23(31-17(2)26)22(21)29-14-19-11-7-4-8-12-19/h3-12,20-24,27H,13-15H2,1-2H3/t20-,21?,22+,23-,24-/m1/s1. The summed E-state index contributed by atoms with van der Waals surface area (Å²) in [6, 6.07) is 18.9. The topological polar surface area (TPSA) is 101 Å². The molecule has 0 amide bonds. The summed E-state index contributed by atoms with van der Waals surface area (Å²) in [5.74, 6) is -1.18. The number of aliphatic hydroxyl groups excluding tert-OH is 1. The fourth-order valence-corrected chi connectivity index (χ4v) is 3.50. The number of carbonyl (C=O) groups excluding carboxylic acids is 2. The molecule has 2 aromatic rings. The molecule has 8 nitrogen and oxygen atoms in total. The summed E-state index contributed by atoms with van der Waals surface area (Å²) in [5, 5.41) is 10.5. The summed E-state index contributed by atoms with van der Waals surface area (Å²) in [7, 11) is 0. The van der Waals surface area contributed by atoms with E-state index in [2.05, 4.69) is 0 Å². The van der Waals surface area contributed by atoms with Gasteiger partial charge in [-0.1, -0.05) is 60.7 Å². The Morgan fingerprint density at radius 3 is 1.91 bits per heavy atom. The van der Waals surface area contributed by atoms with E-state index in [1.54, 1.807) is 0 Å². The highest BCUT2D eigenvalue weighted by atomic mass is 16.7. The molecule has 2 aromatic carbocycles.